The average Bonchev–Trinajstić information content (AvgIpc) is 3.50. The minimum Gasteiger partial charge on any atom is -0.454 e. The van der Waals surface area contributed by atoms with Crippen LogP contribution in [-0.2, 0) is 6.54 Å². The van der Waals surface area contributed by atoms with E-state index in [1.807, 2.05) is 12.1 Å². The molecule has 0 saturated carbocycles. The third kappa shape index (κ3) is 4.28. The molecule has 170 valence electrons. The number of ether oxygens (including phenoxy) is 2. The van der Waals surface area contributed by atoms with Crippen LogP contribution in [0.25, 0.3) is 16.9 Å². The molecule has 0 radical (unpaired) electrons. The first kappa shape index (κ1) is 21.5. The number of amides is 1. The van der Waals surface area contributed by atoms with Crippen LogP contribution in [0.5, 0.6) is 11.5 Å². The van der Waals surface area contributed by atoms with Crippen LogP contribution in [0.4, 0.5) is 5.69 Å². The van der Waals surface area contributed by atoms with Gasteiger partial charge in [0.2, 0.25) is 6.79 Å². The summed E-state index contributed by atoms with van der Waals surface area (Å²) in [6.45, 7) is 0.449. The van der Waals surface area contributed by atoms with Gasteiger partial charge in [-0.05, 0) is 60.2 Å². The summed E-state index contributed by atoms with van der Waals surface area (Å²) in [7, 11) is 0. The van der Waals surface area contributed by atoms with Gasteiger partial charge in [-0.2, -0.15) is 5.10 Å². The fourth-order valence-electron chi connectivity index (χ4n) is 3.54. The monoisotopic (exact) mass is 476 g/mol. The smallest absolute Gasteiger partial charge is 0.270 e. The van der Waals surface area contributed by atoms with Gasteiger partial charge in [0.1, 0.15) is 5.69 Å². The number of nitro groups is 1. The number of hydrogen-bond donors (Lipinski definition) is 1. The average molecular weight is 477 g/mol. The van der Waals surface area contributed by atoms with E-state index in [0.717, 1.165) is 5.56 Å². The molecule has 10 heteroatoms. The van der Waals surface area contributed by atoms with Crippen molar-refractivity contribution in [2.75, 3.05) is 6.79 Å². The first-order valence-electron chi connectivity index (χ1n) is 10.3. The number of nitrogens with one attached hydrogen (secondary N) is 1. The second-order valence-corrected chi connectivity index (χ2v) is 7.91. The van der Waals surface area contributed by atoms with Gasteiger partial charge in [0.05, 0.1) is 16.3 Å². The Balaban J connectivity index is 1.44. The molecule has 0 aliphatic carbocycles. The molecule has 1 aliphatic heterocycles. The topological polar surface area (TPSA) is 109 Å². The first-order chi connectivity index (χ1) is 16.5. The van der Waals surface area contributed by atoms with Gasteiger partial charge in [0.15, 0.2) is 11.5 Å². The molecule has 1 N–H and O–H groups in total. The van der Waals surface area contributed by atoms with Gasteiger partial charge in [-0.1, -0.05) is 17.7 Å². The van der Waals surface area contributed by atoms with Gasteiger partial charge in [0.25, 0.3) is 11.6 Å². The van der Waals surface area contributed by atoms with Crippen LogP contribution in [-0.4, -0.2) is 27.4 Å². The summed E-state index contributed by atoms with van der Waals surface area (Å²) in [6, 6.07) is 20.0. The van der Waals surface area contributed by atoms with Crippen LogP contribution in [0.15, 0.2) is 72.8 Å². The highest BCUT2D eigenvalue weighted by molar-refractivity contribution is 6.30. The van der Waals surface area contributed by atoms with Crippen LogP contribution in [0.2, 0.25) is 5.02 Å². The lowest BCUT2D eigenvalue weighted by Crippen LogP contribution is -2.25. The third-order valence-electron chi connectivity index (χ3n) is 5.28. The second kappa shape index (κ2) is 8.87. The van der Waals surface area contributed by atoms with Crippen molar-refractivity contribution in [3.05, 3.63) is 99.2 Å². The standard InChI is InChI=1S/C24H17ClN4O5/c25-17-4-8-18(9-5-17)28-21(12-20(27-28)16-2-6-19(7-3-16)29(31)32)24(30)26-13-15-1-10-22-23(11-15)34-14-33-22/h1-12H,13-14H2,(H,26,30). The Kier molecular flexibility index (Phi) is 5.60. The molecule has 5 rings (SSSR count). The van der Waals surface area contributed by atoms with E-state index in [4.69, 9.17) is 21.1 Å². The van der Waals surface area contributed by atoms with Crippen molar-refractivity contribution < 1.29 is 19.2 Å². The van der Waals surface area contributed by atoms with Crippen LogP contribution in [0.3, 0.4) is 0 Å². The summed E-state index contributed by atoms with van der Waals surface area (Å²) in [4.78, 5) is 23.7. The first-order valence-corrected chi connectivity index (χ1v) is 10.6. The number of rotatable bonds is 6. The maximum Gasteiger partial charge on any atom is 0.270 e. The molecule has 1 amide bonds. The predicted octanol–water partition coefficient (Wildman–Crippen LogP) is 4.76. The molecule has 4 aromatic rings. The van der Waals surface area contributed by atoms with Crippen molar-refractivity contribution in [2.45, 2.75) is 6.54 Å². The molecule has 0 atom stereocenters. The van der Waals surface area contributed by atoms with Crippen LogP contribution >= 0.6 is 11.6 Å². The lowest BCUT2D eigenvalue weighted by Gasteiger charge is -2.09. The summed E-state index contributed by atoms with van der Waals surface area (Å²) < 4.78 is 12.2. The third-order valence-corrected chi connectivity index (χ3v) is 5.53. The highest BCUT2D eigenvalue weighted by Gasteiger charge is 2.19. The zero-order valence-electron chi connectivity index (χ0n) is 17.6. The molecule has 34 heavy (non-hydrogen) atoms. The maximum atomic E-state index is 13.2. The minimum absolute atomic E-state index is 0.0254. The quantitative estimate of drug-likeness (QED) is 0.317. The number of nitrogens with zero attached hydrogens (tertiary/aromatic N) is 3. The summed E-state index contributed by atoms with van der Waals surface area (Å²) in [5, 5.41) is 19.0. The molecule has 0 spiro atoms. The molecular weight excluding hydrogens is 460 g/mol. The highest BCUT2D eigenvalue weighted by Crippen LogP contribution is 2.32. The fourth-order valence-corrected chi connectivity index (χ4v) is 3.67. The van der Waals surface area contributed by atoms with Crippen molar-refractivity contribution in [3.8, 4) is 28.4 Å². The van der Waals surface area contributed by atoms with E-state index in [1.54, 1.807) is 48.5 Å². The number of non-ortho nitro benzene ring substituents is 1. The zero-order chi connectivity index (χ0) is 23.7. The summed E-state index contributed by atoms with van der Waals surface area (Å²) in [6.07, 6.45) is 0. The van der Waals surface area contributed by atoms with E-state index in [2.05, 4.69) is 10.4 Å². The van der Waals surface area contributed by atoms with Gasteiger partial charge in [-0.3, -0.25) is 14.9 Å². The Bertz CT molecular complexity index is 1380. The maximum absolute atomic E-state index is 13.2. The molecule has 2 heterocycles. The molecule has 0 unspecified atom stereocenters. The number of fused-ring (bicyclic) bond motifs is 1. The van der Waals surface area contributed by atoms with Crippen molar-refractivity contribution >= 4 is 23.2 Å². The lowest BCUT2D eigenvalue weighted by atomic mass is 10.1. The van der Waals surface area contributed by atoms with Gasteiger partial charge in [-0.15, -0.1) is 0 Å². The number of nitro benzene ring substituents is 1. The van der Waals surface area contributed by atoms with Gasteiger partial charge >= 0.3 is 0 Å². The molecule has 0 fully saturated rings. The molecule has 0 bridgehead atoms. The van der Waals surface area contributed by atoms with E-state index in [9.17, 15) is 14.9 Å². The van der Waals surface area contributed by atoms with Crippen LogP contribution < -0.4 is 14.8 Å². The molecule has 9 nitrogen and oxygen atoms in total. The Morgan fingerprint density at radius 3 is 2.50 bits per heavy atom. The zero-order valence-corrected chi connectivity index (χ0v) is 18.4. The van der Waals surface area contributed by atoms with Gasteiger partial charge < -0.3 is 14.8 Å². The number of carbonyl (C=O) groups excluding carboxylic acids is 1. The van der Waals surface area contributed by atoms with Crippen molar-refractivity contribution in [1.29, 1.82) is 0 Å². The van der Waals surface area contributed by atoms with Gasteiger partial charge in [-0.25, -0.2) is 4.68 Å². The van der Waals surface area contributed by atoms with Crippen LogP contribution in [0.1, 0.15) is 16.1 Å². The summed E-state index contributed by atoms with van der Waals surface area (Å²) >= 11 is 6.02. The van der Waals surface area contributed by atoms with Gasteiger partial charge in [0, 0.05) is 29.3 Å². The normalized spacial score (nSPS) is 11.9. The molecule has 1 aromatic heterocycles. The number of benzene rings is 3. The number of carbonyl (C=O) groups is 1. The van der Waals surface area contributed by atoms with E-state index in [-0.39, 0.29) is 24.9 Å². The Morgan fingerprint density at radius 2 is 1.76 bits per heavy atom. The van der Waals surface area contributed by atoms with E-state index in [0.29, 0.717) is 39.2 Å². The number of hydrogen-bond acceptors (Lipinski definition) is 6. The Morgan fingerprint density at radius 1 is 1.03 bits per heavy atom. The van der Waals surface area contributed by atoms with E-state index < -0.39 is 4.92 Å². The van der Waals surface area contributed by atoms with Crippen molar-refractivity contribution in [1.82, 2.24) is 15.1 Å². The molecule has 0 saturated heterocycles. The van der Waals surface area contributed by atoms with E-state index in [1.165, 1.54) is 16.8 Å². The van der Waals surface area contributed by atoms with E-state index >= 15 is 0 Å². The number of aromatic nitrogens is 2. The van der Waals surface area contributed by atoms with Crippen molar-refractivity contribution in [2.24, 2.45) is 0 Å². The summed E-state index contributed by atoms with van der Waals surface area (Å²) in [5.74, 6) is 0.968. The largest absolute Gasteiger partial charge is 0.454 e. The highest BCUT2D eigenvalue weighted by atomic mass is 35.5. The van der Waals surface area contributed by atoms with Crippen LogP contribution in [0, 0.1) is 10.1 Å². The summed E-state index contributed by atoms with van der Waals surface area (Å²) in [5.41, 5.74) is 2.91. The number of halogens is 1. The minimum atomic E-state index is -0.467. The molecule has 1 aliphatic rings. The Hall–Kier alpha value is -4.37. The SMILES string of the molecule is O=C(NCc1ccc2c(c1)OCO2)c1cc(-c2ccc([N+](=O)[O-])cc2)nn1-c1ccc(Cl)cc1. The fraction of sp³-hybridized carbons (Fsp3) is 0.0833. The predicted molar refractivity (Wildman–Crippen MR) is 124 cm³/mol. The second-order valence-electron chi connectivity index (χ2n) is 7.48. The lowest BCUT2D eigenvalue weighted by molar-refractivity contribution is -0.384. The van der Waals surface area contributed by atoms with Crippen molar-refractivity contribution in [3.63, 3.8) is 0 Å². The molecule has 3 aromatic carbocycles. The Labute approximate surface area is 198 Å². The molecular formula is C24H17ClN4O5.